The van der Waals surface area contributed by atoms with Gasteiger partial charge in [0.2, 0.25) is 0 Å². The molecule has 7 heteroatoms. The summed E-state index contributed by atoms with van der Waals surface area (Å²) in [5.41, 5.74) is 3.43. The van der Waals surface area contributed by atoms with Crippen molar-refractivity contribution < 1.29 is 9.53 Å². The molecule has 0 saturated carbocycles. The van der Waals surface area contributed by atoms with Crippen LogP contribution in [0.1, 0.15) is 11.1 Å². The van der Waals surface area contributed by atoms with E-state index in [0.29, 0.717) is 26.9 Å². The maximum Gasteiger partial charge on any atom is 0.277 e. The Morgan fingerprint density at radius 2 is 2.00 bits per heavy atom. The highest BCUT2D eigenvalue weighted by Gasteiger charge is 2.03. The molecular weight excluding hydrogens is 337 g/mol. The minimum absolute atomic E-state index is 0.202. The first kappa shape index (κ1) is 16.8. The summed E-state index contributed by atoms with van der Waals surface area (Å²) in [6.45, 7) is -0.202. The van der Waals surface area contributed by atoms with Crippen LogP contribution in [-0.4, -0.2) is 18.7 Å². The Hall–Kier alpha value is -2.55. The zero-order valence-corrected chi connectivity index (χ0v) is 13.3. The van der Waals surface area contributed by atoms with E-state index >= 15 is 0 Å². The first-order valence-corrected chi connectivity index (χ1v) is 7.24. The summed E-state index contributed by atoms with van der Waals surface area (Å²) >= 11 is 11.9. The molecule has 0 radical (unpaired) electrons. The highest BCUT2D eigenvalue weighted by Crippen LogP contribution is 2.24. The molecule has 23 heavy (non-hydrogen) atoms. The number of hydrogen-bond acceptors (Lipinski definition) is 4. The number of carbonyl (C=O) groups excluding carboxylic acids is 1. The molecule has 2 aromatic rings. The fourth-order valence-corrected chi connectivity index (χ4v) is 1.96. The molecule has 0 spiro atoms. The lowest BCUT2D eigenvalue weighted by atomic mass is 10.2. The largest absolute Gasteiger partial charge is 0.484 e. The third kappa shape index (κ3) is 4.99. The van der Waals surface area contributed by atoms with Gasteiger partial charge in [-0.25, -0.2) is 5.43 Å². The van der Waals surface area contributed by atoms with Crippen molar-refractivity contribution in [1.82, 2.24) is 5.43 Å². The minimum atomic E-state index is -0.427. The van der Waals surface area contributed by atoms with Gasteiger partial charge < -0.3 is 4.74 Å². The van der Waals surface area contributed by atoms with Gasteiger partial charge in [0.1, 0.15) is 5.75 Å². The number of carbonyl (C=O) groups is 1. The van der Waals surface area contributed by atoms with Crippen molar-refractivity contribution in [2.75, 3.05) is 6.61 Å². The van der Waals surface area contributed by atoms with E-state index in [-0.39, 0.29) is 6.61 Å². The van der Waals surface area contributed by atoms with Gasteiger partial charge in [-0.3, -0.25) is 4.79 Å². The lowest BCUT2D eigenvalue weighted by molar-refractivity contribution is -0.123. The maximum atomic E-state index is 11.6. The van der Waals surface area contributed by atoms with Crippen molar-refractivity contribution in [3.63, 3.8) is 0 Å². The molecule has 0 aliphatic heterocycles. The number of hydrazone groups is 1. The molecule has 0 fully saturated rings. The standard InChI is InChI=1S/C16H11Cl2N3O2/c17-14-3-1-2-12(16(14)18)9-20-21-15(22)10-23-13-6-4-11(8-19)5-7-13/h1-7,9H,10H2,(H,21,22)/b20-9+. The summed E-state index contributed by atoms with van der Waals surface area (Å²) in [6.07, 6.45) is 1.40. The molecule has 0 unspecified atom stereocenters. The Labute approximate surface area is 143 Å². The molecule has 0 aromatic heterocycles. The molecule has 2 rings (SSSR count). The molecule has 1 amide bonds. The smallest absolute Gasteiger partial charge is 0.277 e. The monoisotopic (exact) mass is 347 g/mol. The fraction of sp³-hybridized carbons (Fsp3) is 0.0625. The van der Waals surface area contributed by atoms with E-state index in [1.54, 1.807) is 42.5 Å². The van der Waals surface area contributed by atoms with E-state index in [9.17, 15) is 4.79 Å². The topological polar surface area (TPSA) is 74.5 Å². The SMILES string of the molecule is N#Cc1ccc(OCC(=O)N/N=C/c2cccc(Cl)c2Cl)cc1. The zero-order chi connectivity index (χ0) is 16.7. The van der Waals surface area contributed by atoms with Crippen LogP contribution >= 0.6 is 23.2 Å². The summed E-state index contributed by atoms with van der Waals surface area (Å²) in [7, 11) is 0. The Morgan fingerprint density at radius 3 is 2.70 bits per heavy atom. The third-order valence-corrected chi connectivity index (χ3v) is 3.56. The van der Waals surface area contributed by atoms with Crippen molar-refractivity contribution >= 4 is 35.3 Å². The maximum absolute atomic E-state index is 11.6. The number of nitrogens with one attached hydrogen (secondary N) is 1. The van der Waals surface area contributed by atoms with Crippen LogP contribution in [0.3, 0.4) is 0 Å². The second-order valence-electron chi connectivity index (χ2n) is 4.36. The van der Waals surface area contributed by atoms with Crippen LogP contribution in [0.2, 0.25) is 10.0 Å². The number of nitriles is 1. The molecule has 0 heterocycles. The zero-order valence-electron chi connectivity index (χ0n) is 11.8. The minimum Gasteiger partial charge on any atom is -0.484 e. The molecule has 0 bridgehead atoms. The quantitative estimate of drug-likeness (QED) is 0.665. The number of halogens is 2. The van der Waals surface area contributed by atoms with Crippen LogP contribution in [0.4, 0.5) is 0 Å². The third-order valence-electron chi connectivity index (χ3n) is 2.73. The highest BCUT2D eigenvalue weighted by atomic mass is 35.5. The van der Waals surface area contributed by atoms with E-state index in [4.69, 9.17) is 33.2 Å². The Kier molecular flexibility index (Phi) is 5.98. The number of amides is 1. The summed E-state index contributed by atoms with van der Waals surface area (Å²) in [5, 5.41) is 13.2. The summed E-state index contributed by atoms with van der Waals surface area (Å²) < 4.78 is 5.27. The normalized spacial score (nSPS) is 10.3. The van der Waals surface area contributed by atoms with Crippen LogP contribution in [0.25, 0.3) is 0 Å². The second-order valence-corrected chi connectivity index (χ2v) is 5.15. The predicted molar refractivity (Wildman–Crippen MR) is 88.9 cm³/mol. The van der Waals surface area contributed by atoms with Crippen LogP contribution in [0, 0.1) is 11.3 Å². The Balaban J connectivity index is 1.84. The second kappa shape index (κ2) is 8.18. The number of nitrogens with zero attached hydrogens (tertiary/aromatic N) is 2. The number of hydrogen-bond donors (Lipinski definition) is 1. The van der Waals surface area contributed by atoms with Gasteiger partial charge in [0.25, 0.3) is 5.91 Å². The molecular formula is C16H11Cl2N3O2. The average Bonchev–Trinajstić information content (AvgIpc) is 2.57. The first-order chi connectivity index (χ1) is 11.1. The van der Waals surface area contributed by atoms with Crippen molar-refractivity contribution in [3.8, 4) is 11.8 Å². The predicted octanol–water partition coefficient (Wildman–Crippen LogP) is 3.39. The number of rotatable bonds is 5. The summed E-state index contributed by atoms with van der Waals surface area (Å²) in [6, 6.07) is 13.5. The van der Waals surface area contributed by atoms with Gasteiger partial charge in [-0.1, -0.05) is 35.3 Å². The molecule has 0 saturated heterocycles. The first-order valence-electron chi connectivity index (χ1n) is 6.49. The van der Waals surface area contributed by atoms with Gasteiger partial charge in [0.15, 0.2) is 6.61 Å². The van der Waals surface area contributed by atoms with Crippen molar-refractivity contribution in [1.29, 1.82) is 5.26 Å². The Morgan fingerprint density at radius 1 is 1.26 bits per heavy atom. The molecule has 0 aliphatic rings. The van der Waals surface area contributed by atoms with E-state index in [1.807, 2.05) is 6.07 Å². The fourth-order valence-electron chi connectivity index (χ4n) is 1.60. The van der Waals surface area contributed by atoms with Crippen LogP contribution in [-0.2, 0) is 4.79 Å². The van der Waals surface area contributed by atoms with Gasteiger partial charge >= 0.3 is 0 Å². The molecule has 5 nitrogen and oxygen atoms in total. The molecule has 0 aliphatic carbocycles. The lowest BCUT2D eigenvalue weighted by Crippen LogP contribution is -2.24. The molecule has 0 atom stereocenters. The molecule has 116 valence electrons. The van der Waals surface area contributed by atoms with Crippen molar-refractivity contribution in [2.24, 2.45) is 5.10 Å². The van der Waals surface area contributed by atoms with Gasteiger partial charge in [0.05, 0.1) is 27.9 Å². The number of benzene rings is 2. The van der Waals surface area contributed by atoms with E-state index in [1.165, 1.54) is 6.21 Å². The average molecular weight is 348 g/mol. The summed E-state index contributed by atoms with van der Waals surface area (Å²) in [4.78, 5) is 11.6. The van der Waals surface area contributed by atoms with Crippen LogP contribution in [0.5, 0.6) is 5.75 Å². The summed E-state index contributed by atoms with van der Waals surface area (Å²) in [5.74, 6) is 0.0600. The lowest BCUT2D eigenvalue weighted by Gasteiger charge is -2.05. The van der Waals surface area contributed by atoms with E-state index in [0.717, 1.165) is 0 Å². The Bertz CT molecular complexity index is 768. The molecule has 2 aromatic carbocycles. The van der Waals surface area contributed by atoms with E-state index in [2.05, 4.69) is 10.5 Å². The van der Waals surface area contributed by atoms with Crippen LogP contribution in [0.15, 0.2) is 47.6 Å². The molecule has 1 N–H and O–H groups in total. The van der Waals surface area contributed by atoms with Gasteiger partial charge in [-0.2, -0.15) is 10.4 Å². The van der Waals surface area contributed by atoms with Crippen molar-refractivity contribution in [2.45, 2.75) is 0 Å². The highest BCUT2D eigenvalue weighted by molar-refractivity contribution is 6.43. The van der Waals surface area contributed by atoms with Gasteiger partial charge in [-0.05, 0) is 30.3 Å². The number of ether oxygens (including phenoxy) is 1. The van der Waals surface area contributed by atoms with Crippen LogP contribution < -0.4 is 10.2 Å². The van der Waals surface area contributed by atoms with Gasteiger partial charge in [-0.15, -0.1) is 0 Å². The van der Waals surface area contributed by atoms with E-state index < -0.39 is 5.91 Å². The van der Waals surface area contributed by atoms with Gasteiger partial charge in [0, 0.05) is 5.56 Å². The van der Waals surface area contributed by atoms with Crippen molar-refractivity contribution in [3.05, 3.63) is 63.6 Å².